The Morgan fingerprint density at radius 2 is 2.15 bits per heavy atom. The van der Waals surface area contributed by atoms with Crippen LogP contribution in [0.5, 0.6) is 0 Å². The van der Waals surface area contributed by atoms with Crippen molar-refractivity contribution in [2.45, 2.75) is 31.3 Å². The van der Waals surface area contributed by atoms with Crippen LogP contribution < -0.4 is 0 Å². The van der Waals surface area contributed by atoms with Crippen LogP contribution in [0, 0.1) is 0 Å². The van der Waals surface area contributed by atoms with Gasteiger partial charge in [-0.25, -0.2) is 13.8 Å². The lowest BCUT2D eigenvalue weighted by atomic mass is 9.75. The Balaban J connectivity index is 2.04. The Hall–Kier alpha value is -1.27. The van der Waals surface area contributed by atoms with Crippen molar-refractivity contribution in [1.29, 1.82) is 0 Å². The lowest BCUT2D eigenvalue weighted by Crippen LogP contribution is -2.51. The van der Waals surface area contributed by atoms with Gasteiger partial charge in [-0.15, -0.1) is 11.3 Å². The zero-order valence-corrected chi connectivity index (χ0v) is 12.0. The van der Waals surface area contributed by atoms with Crippen molar-refractivity contribution in [3.8, 4) is 0 Å². The second-order valence-corrected chi connectivity index (χ2v) is 6.35. The predicted molar refractivity (Wildman–Crippen MR) is 72.3 cm³/mol. The summed E-state index contributed by atoms with van der Waals surface area (Å²) in [5, 5.41) is 1.14. The molecule has 0 saturated heterocycles. The van der Waals surface area contributed by atoms with Gasteiger partial charge in [-0.05, 0) is 18.2 Å². The molecule has 0 amide bonds. The summed E-state index contributed by atoms with van der Waals surface area (Å²) in [6, 6.07) is 5.14. The van der Waals surface area contributed by atoms with Crippen LogP contribution in [0.2, 0.25) is 5.15 Å². The molecule has 0 aromatic carbocycles. The van der Waals surface area contributed by atoms with Crippen molar-refractivity contribution in [3.63, 3.8) is 0 Å². The minimum atomic E-state index is -2.79. The summed E-state index contributed by atoms with van der Waals surface area (Å²) in [5.41, 5.74) is -1.23. The summed E-state index contributed by atoms with van der Waals surface area (Å²) in [7, 11) is 0. The number of fused-ring (bicyclic) bond motifs is 1. The number of thiophene rings is 1. The van der Waals surface area contributed by atoms with Crippen LogP contribution in [-0.2, 0) is 15.1 Å². The SMILES string of the molecule is CC(=O)OC1(c2cc3ccc(Cl)nc3s2)CC(F)(F)C1. The van der Waals surface area contributed by atoms with Gasteiger partial charge in [-0.2, -0.15) is 0 Å². The summed E-state index contributed by atoms with van der Waals surface area (Å²) in [4.78, 5) is 16.6. The maximum absolute atomic E-state index is 13.3. The summed E-state index contributed by atoms with van der Waals surface area (Å²) in [6.07, 6.45) is -0.972. The molecule has 0 radical (unpaired) electrons. The second kappa shape index (κ2) is 4.36. The highest BCUT2D eigenvalue weighted by atomic mass is 35.5. The average molecular weight is 318 g/mol. The Kier molecular flexibility index (Phi) is 2.99. The van der Waals surface area contributed by atoms with Crippen LogP contribution >= 0.6 is 22.9 Å². The van der Waals surface area contributed by atoms with Crippen molar-refractivity contribution in [1.82, 2.24) is 4.98 Å². The molecule has 2 aromatic rings. The smallest absolute Gasteiger partial charge is 0.303 e. The predicted octanol–water partition coefficient (Wildman–Crippen LogP) is 4.14. The van der Waals surface area contributed by atoms with Gasteiger partial charge in [0.25, 0.3) is 5.92 Å². The monoisotopic (exact) mass is 317 g/mol. The number of esters is 1. The molecule has 20 heavy (non-hydrogen) atoms. The molecule has 106 valence electrons. The molecule has 0 aliphatic heterocycles. The fourth-order valence-corrected chi connectivity index (χ4v) is 3.83. The fraction of sp³-hybridized carbons (Fsp3) is 0.385. The zero-order valence-electron chi connectivity index (χ0n) is 10.5. The summed E-state index contributed by atoms with van der Waals surface area (Å²) >= 11 is 7.04. The first-order valence-corrected chi connectivity index (χ1v) is 7.13. The van der Waals surface area contributed by atoms with Crippen LogP contribution in [0.3, 0.4) is 0 Å². The molecule has 3 nitrogen and oxygen atoms in total. The van der Waals surface area contributed by atoms with Crippen LogP contribution in [0.4, 0.5) is 8.78 Å². The van der Waals surface area contributed by atoms with Gasteiger partial charge in [0.1, 0.15) is 9.98 Å². The minimum Gasteiger partial charge on any atom is -0.453 e. The zero-order chi connectivity index (χ0) is 14.5. The molecular formula is C13H10ClF2NO2S. The van der Waals surface area contributed by atoms with E-state index in [-0.39, 0.29) is 0 Å². The molecule has 1 fully saturated rings. The maximum atomic E-state index is 13.3. The number of halogens is 3. The van der Waals surface area contributed by atoms with E-state index in [1.54, 1.807) is 18.2 Å². The fourth-order valence-electron chi connectivity index (χ4n) is 2.48. The van der Waals surface area contributed by atoms with Crippen molar-refractivity contribution in [2.24, 2.45) is 0 Å². The average Bonchev–Trinajstić information content (AvgIpc) is 2.68. The van der Waals surface area contributed by atoms with E-state index in [9.17, 15) is 13.6 Å². The number of carbonyl (C=O) groups is 1. The first-order chi connectivity index (χ1) is 9.30. The molecule has 2 aromatic heterocycles. The lowest BCUT2D eigenvalue weighted by Gasteiger charge is -2.45. The minimum absolute atomic E-state index is 0.339. The quantitative estimate of drug-likeness (QED) is 0.617. The molecule has 0 atom stereocenters. The van der Waals surface area contributed by atoms with Gasteiger partial charge < -0.3 is 4.74 Å². The molecule has 0 bridgehead atoms. The normalized spacial score (nSPS) is 19.6. The van der Waals surface area contributed by atoms with Gasteiger partial charge in [-0.3, -0.25) is 4.79 Å². The van der Waals surface area contributed by atoms with Crippen molar-refractivity contribution >= 4 is 39.1 Å². The third-order valence-electron chi connectivity index (χ3n) is 3.23. The molecule has 1 aliphatic rings. The van der Waals surface area contributed by atoms with Crippen LogP contribution in [0.15, 0.2) is 18.2 Å². The van der Waals surface area contributed by atoms with Gasteiger partial charge in [0.15, 0.2) is 5.60 Å². The van der Waals surface area contributed by atoms with Crippen LogP contribution in [0.25, 0.3) is 10.2 Å². The van der Waals surface area contributed by atoms with Gasteiger partial charge >= 0.3 is 5.97 Å². The van der Waals surface area contributed by atoms with Gasteiger partial charge in [-0.1, -0.05) is 11.6 Å². The summed E-state index contributed by atoms with van der Waals surface area (Å²) in [5.74, 6) is -3.36. The number of hydrogen-bond donors (Lipinski definition) is 0. The third-order valence-corrected chi connectivity index (χ3v) is 4.67. The maximum Gasteiger partial charge on any atom is 0.303 e. The van der Waals surface area contributed by atoms with E-state index in [1.165, 1.54) is 18.3 Å². The third kappa shape index (κ3) is 2.27. The molecule has 0 unspecified atom stereocenters. The highest BCUT2D eigenvalue weighted by Gasteiger charge is 2.60. The van der Waals surface area contributed by atoms with Gasteiger partial charge in [0.05, 0.1) is 17.7 Å². The second-order valence-electron chi connectivity index (χ2n) is 4.94. The Bertz CT molecular complexity index is 693. The highest BCUT2D eigenvalue weighted by Crippen LogP contribution is 2.56. The molecular weight excluding hydrogens is 308 g/mol. The number of pyridine rings is 1. The number of aromatic nitrogens is 1. The van der Waals surface area contributed by atoms with Gasteiger partial charge in [0, 0.05) is 12.3 Å². The summed E-state index contributed by atoms with van der Waals surface area (Å²) < 4.78 is 31.7. The first-order valence-electron chi connectivity index (χ1n) is 5.94. The topological polar surface area (TPSA) is 39.2 Å². The van der Waals surface area contributed by atoms with Crippen molar-refractivity contribution < 1.29 is 18.3 Å². The standard InChI is InChI=1S/C13H10ClF2NO2S/c1-7(18)19-12(5-13(15,16)6-12)9-4-8-2-3-10(14)17-11(8)20-9/h2-4H,5-6H2,1H3. The molecule has 1 saturated carbocycles. The van der Waals surface area contributed by atoms with E-state index >= 15 is 0 Å². The summed E-state index contributed by atoms with van der Waals surface area (Å²) in [6.45, 7) is 1.22. The van der Waals surface area contributed by atoms with Gasteiger partial charge in [0.2, 0.25) is 0 Å². The lowest BCUT2D eigenvalue weighted by molar-refractivity contribution is -0.228. The van der Waals surface area contributed by atoms with E-state index in [1.807, 2.05) is 0 Å². The van der Waals surface area contributed by atoms with E-state index in [4.69, 9.17) is 16.3 Å². The number of rotatable bonds is 2. The Morgan fingerprint density at radius 1 is 1.45 bits per heavy atom. The van der Waals surface area contributed by atoms with E-state index in [0.29, 0.717) is 14.9 Å². The Morgan fingerprint density at radius 3 is 2.75 bits per heavy atom. The van der Waals surface area contributed by atoms with Crippen LogP contribution in [0.1, 0.15) is 24.6 Å². The van der Waals surface area contributed by atoms with Crippen LogP contribution in [-0.4, -0.2) is 16.9 Å². The Labute approximate surface area is 122 Å². The van der Waals surface area contributed by atoms with Crippen molar-refractivity contribution in [3.05, 3.63) is 28.2 Å². The number of ether oxygens (including phenoxy) is 1. The number of hydrogen-bond acceptors (Lipinski definition) is 4. The molecule has 0 N–H and O–H groups in total. The largest absolute Gasteiger partial charge is 0.453 e. The number of nitrogens with zero attached hydrogens (tertiary/aromatic N) is 1. The molecule has 0 spiro atoms. The van der Waals surface area contributed by atoms with E-state index in [2.05, 4.69) is 4.98 Å². The van der Waals surface area contributed by atoms with E-state index < -0.39 is 30.3 Å². The number of alkyl halides is 2. The first kappa shape index (κ1) is 13.7. The number of carbonyl (C=O) groups excluding carboxylic acids is 1. The molecule has 2 heterocycles. The van der Waals surface area contributed by atoms with Crippen molar-refractivity contribution in [2.75, 3.05) is 0 Å². The molecule has 1 aliphatic carbocycles. The van der Waals surface area contributed by atoms with E-state index in [0.717, 1.165) is 5.39 Å². The molecule has 7 heteroatoms. The highest BCUT2D eigenvalue weighted by molar-refractivity contribution is 7.18. The molecule has 3 rings (SSSR count).